The molecule has 1 amide bonds. The third-order valence-electron chi connectivity index (χ3n) is 6.16. The van der Waals surface area contributed by atoms with Gasteiger partial charge in [0.05, 0.1) is 23.3 Å². The van der Waals surface area contributed by atoms with Crippen molar-refractivity contribution < 1.29 is 14.3 Å². The molecule has 0 aliphatic heterocycles. The van der Waals surface area contributed by atoms with Gasteiger partial charge in [-0.2, -0.15) is 0 Å². The third kappa shape index (κ3) is 4.27. The van der Waals surface area contributed by atoms with Crippen molar-refractivity contribution in [2.24, 2.45) is 0 Å². The predicted octanol–water partition coefficient (Wildman–Crippen LogP) is 5.34. The maximum absolute atomic E-state index is 13.8. The van der Waals surface area contributed by atoms with Crippen LogP contribution < -0.4 is 4.90 Å². The number of carbonyl (C=O) groups is 2. The van der Waals surface area contributed by atoms with E-state index in [1.165, 1.54) is 6.92 Å². The quantitative estimate of drug-likeness (QED) is 0.383. The maximum atomic E-state index is 13.8. The number of nitrogens with zero attached hydrogens (tertiary/aromatic N) is 3. The SMILES string of the molecule is CC(=O)OC1CCc2cccc(N(Cc3ccc4ccc(C)nc4c3)C(=O)c3cccnc3)c21. The van der Waals surface area contributed by atoms with Crippen LogP contribution in [-0.4, -0.2) is 21.8 Å². The van der Waals surface area contributed by atoms with E-state index in [9.17, 15) is 9.59 Å². The van der Waals surface area contributed by atoms with Crippen LogP contribution in [0.25, 0.3) is 10.9 Å². The monoisotopic (exact) mass is 451 g/mol. The average molecular weight is 452 g/mol. The Bertz CT molecular complexity index is 1380. The van der Waals surface area contributed by atoms with Gasteiger partial charge in [0.1, 0.15) is 6.10 Å². The fourth-order valence-corrected chi connectivity index (χ4v) is 4.63. The molecule has 6 heteroatoms. The molecule has 0 bridgehead atoms. The minimum Gasteiger partial charge on any atom is -0.458 e. The van der Waals surface area contributed by atoms with Crippen molar-refractivity contribution in [1.29, 1.82) is 0 Å². The number of rotatable bonds is 5. The Balaban J connectivity index is 1.60. The van der Waals surface area contributed by atoms with E-state index in [1.54, 1.807) is 29.4 Å². The van der Waals surface area contributed by atoms with Gasteiger partial charge in [-0.1, -0.05) is 30.3 Å². The summed E-state index contributed by atoms with van der Waals surface area (Å²) in [5.74, 6) is -0.485. The number of amides is 1. The lowest BCUT2D eigenvalue weighted by molar-refractivity contribution is -0.146. The Hall–Kier alpha value is -4.06. The number of hydrogen-bond acceptors (Lipinski definition) is 5. The van der Waals surface area contributed by atoms with Gasteiger partial charge in [-0.15, -0.1) is 0 Å². The smallest absolute Gasteiger partial charge is 0.303 e. The Kier molecular flexibility index (Phi) is 5.80. The van der Waals surface area contributed by atoms with E-state index in [4.69, 9.17) is 4.74 Å². The molecule has 4 aromatic rings. The highest BCUT2D eigenvalue weighted by Crippen LogP contribution is 2.41. The molecule has 5 rings (SSSR count). The van der Waals surface area contributed by atoms with Crippen LogP contribution in [0.4, 0.5) is 5.69 Å². The summed E-state index contributed by atoms with van der Waals surface area (Å²) in [4.78, 5) is 36.1. The van der Waals surface area contributed by atoms with E-state index in [0.717, 1.165) is 45.4 Å². The minimum absolute atomic E-state index is 0.160. The topological polar surface area (TPSA) is 72.4 Å². The lowest BCUT2D eigenvalue weighted by Crippen LogP contribution is -2.31. The largest absolute Gasteiger partial charge is 0.458 e. The second-order valence-corrected chi connectivity index (χ2v) is 8.60. The molecular formula is C28H25N3O3. The van der Waals surface area contributed by atoms with Crippen LogP contribution >= 0.6 is 0 Å². The highest BCUT2D eigenvalue weighted by Gasteiger charge is 2.31. The van der Waals surface area contributed by atoms with E-state index >= 15 is 0 Å². The van der Waals surface area contributed by atoms with Gasteiger partial charge >= 0.3 is 5.97 Å². The van der Waals surface area contributed by atoms with E-state index in [1.807, 2.05) is 55.5 Å². The van der Waals surface area contributed by atoms with Crippen molar-refractivity contribution >= 4 is 28.5 Å². The number of hydrogen-bond donors (Lipinski definition) is 0. The first kappa shape index (κ1) is 21.8. The molecule has 2 heterocycles. The zero-order valence-electron chi connectivity index (χ0n) is 19.2. The van der Waals surface area contributed by atoms with Gasteiger partial charge in [0, 0.05) is 36.0 Å². The summed E-state index contributed by atoms with van der Waals surface area (Å²) in [6, 6.07) is 19.6. The molecule has 0 spiro atoms. The van der Waals surface area contributed by atoms with E-state index < -0.39 is 0 Å². The predicted molar refractivity (Wildman–Crippen MR) is 131 cm³/mol. The zero-order valence-corrected chi connectivity index (χ0v) is 19.2. The van der Waals surface area contributed by atoms with Crippen molar-refractivity contribution in [2.75, 3.05) is 4.90 Å². The van der Waals surface area contributed by atoms with Crippen LogP contribution in [0.1, 0.15) is 52.2 Å². The molecule has 0 radical (unpaired) electrons. The van der Waals surface area contributed by atoms with Gasteiger partial charge in [0.15, 0.2) is 0 Å². The van der Waals surface area contributed by atoms with Gasteiger partial charge in [-0.05, 0) is 61.2 Å². The molecule has 0 saturated heterocycles. The Morgan fingerprint density at radius 2 is 1.94 bits per heavy atom. The molecule has 1 unspecified atom stereocenters. The van der Waals surface area contributed by atoms with E-state index in [0.29, 0.717) is 18.5 Å². The average Bonchev–Trinajstić information content (AvgIpc) is 3.25. The van der Waals surface area contributed by atoms with Gasteiger partial charge in [0.2, 0.25) is 0 Å². The molecule has 34 heavy (non-hydrogen) atoms. The minimum atomic E-state index is -0.367. The molecule has 0 fully saturated rings. The number of anilines is 1. The number of benzene rings is 2. The number of aromatic nitrogens is 2. The number of ether oxygens (including phenoxy) is 1. The summed E-state index contributed by atoms with van der Waals surface area (Å²) in [7, 11) is 0. The van der Waals surface area contributed by atoms with Crippen LogP contribution in [-0.2, 0) is 22.5 Å². The molecule has 2 aromatic carbocycles. The summed E-state index contributed by atoms with van der Waals surface area (Å²) in [6.45, 7) is 3.73. The maximum Gasteiger partial charge on any atom is 0.303 e. The Morgan fingerprint density at radius 1 is 1.09 bits per heavy atom. The molecule has 0 N–H and O–H groups in total. The van der Waals surface area contributed by atoms with E-state index in [2.05, 4.69) is 9.97 Å². The number of pyridine rings is 2. The van der Waals surface area contributed by atoms with Crippen molar-refractivity contribution in [2.45, 2.75) is 39.3 Å². The van der Waals surface area contributed by atoms with Gasteiger partial charge in [0.25, 0.3) is 5.91 Å². The lowest BCUT2D eigenvalue weighted by Gasteiger charge is -2.27. The fourth-order valence-electron chi connectivity index (χ4n) is 4.63. The van der Waals surface area contributed by atoms with Gasteiger partial charge in [-0.25, -0.2) is 0 Å². The standard InChI is InChI=1S/C28H25N3O3/c1-18-8-10-21-11-9-20(15-24(21)30-18)17-31(28(33)23-6-4-14-29-16-23)25-7-3-5-22-12-13-26(27(22)25)34-19(2)32/h3-11,14-16,26H,12-13,17H2,1-2H3. The number of esters is 1. The van der Waals surface area contributed by atoms with Gasteiger partial charge < -0.3 is 9.64 Å². The summed E-state index contributed by atoms with van der Waals surface area (Å²) >= 11 is 0. The van der Waals surface area contributed by atoms with Crippen molar-refractivity contribution in [3.8, 4) is 0 Å². The normalized spacial score (nSPS) is 14.6. The summed E-state index contributed by atoms with van der Waals surface area (Å²) in [5, 5.41) is 1.05. The van der Waals surface area contributed by atoms with Crippen molar-refractivity contribution in [1.82, 2.24) is 9.97 Å². The summed E-state index contributed by atoms with van der Waals surface area (Å²) in [5.41, 5.74) is 6.06. The van der Waals surface area contributed by atoms with Gasteiger partial charge in [-0.3, -0.25) is 19.6 Å². The number of carbonyl (C=O) groups excluding carboxylic acids is 2. The number of fused-ring (bicyclic) bond motifs is 2. The molecule has 1 atom stereocenters. The van der Waals surface area contributed by atoms with Crippen LogP contribution in [0.15, 0.2) is 73.1 Å². The van der Waals surface area contributed by atoms with Crippen LogP contribution in [0.3, 0.4) is 0 Å². The molecular weight excluding hydrogens is 426 g/mol. The first-order chi connectivity index (χ1) is 16.5. The second-order valence-electron chi connectivity index (χ2n) is 8.60. The summed E-state index contributed by atoms with van der Waals surface area (Å²) in [6.07, 6.45) is 4.37. The fraction of sp³-hybridized carbons (Fsp3) is 0.214. The lowest BCUT2D eigenvalue weighted by atomic mass is 10.0. The first-order valence-corrected chi connectivity index (χ1v) is 11.4. The Morgan fingerprint density at radius 3 is 2.74 bits per heavy atom. The Labute approximate surface area is 198 Å². The summed E-state index contributed by atoms with van der Waals surface area (Å²) < 4.78 is 5.64. The van der Waals surface area contributed by atoms with Crippen LogP contribution in [0.5, 0.6) is 0 Å². The highest BCUT2D eigenvalue weighted by atomic mass is 16.5. The molecule has 1 aliphatic carbocycles. The van der Waals surface area contributed by atoms with Crippen LogP contribution in [0, 0.1) is 6.92 Å². The molecule has 170 valence electrons. The molecule has 6 nitrogen and oxygen atoms in total. The first-order valence-electron chi connectivity index (χ1n) is 11.4. The zero-order chi connectivity index (χ0) is 23.7. The molecule has 2 aromatic heterocycles. The second kappa shape index (κ2) is 9.06. The van der Waals surface area contributed by atoms with Crippen molar-refractivity contribution in [3.05, 3.63) is 101 Å². The molecule has 0 saturated carbocycles. The van der Waals surface area contributed by atoms with Crippen LogP contribution in [0.2, 0.25) is 0 Å². The third-order valence-corrected chi connectivity index (χ3v) is 6.16. The van der Waals surface area contributed by atoms with E-state index in [-0.39, 0.29) is 18.0 Å². The van der Waals surface area contributed by atoms with Crippen molar-refractivity contribution in [3.63, 3.8) is 0 Å². The number of aryl methyl sites for hydroxylation is 2. The highest BCUT2D eigenvalue weighted by molar-refractivity contribution is 6.06. The molecule has 1 aliphatic rings.